The van der Waals surface area contributed by atoms with Gasteiger partial charge in [0.25, 0.3) is 0 Å². The number of hydrogen-bond donors (Lipinski definition) is 0. The zero-order valence-electron chi connectivity index (χ0n) is 20.2. The normalized spacial score (nSPS) is 15.4. The summed E-state index contributed by atoms with van der Waals surface area (Å²) in [5.74, 6) is 0.304. The summed E-state index contributed by atoms with van der Waals surface area (Å²) in [7, 11) is 2.02. The lowest BCUT2D eigenvalue weighted by Crippen LogP contribution is -2.24. The van der Waals surface area contributed by atoms with Crippen molar-refractivity contribution in [2.45, 2.75) is 24.4 Å². The van der Waals surface area contributed by atoms with E-state index in [2.05, 4.69) is 30.9 Å². The molecule has 3 aromatic carbocycles. The lowest BCUT2D eigenvalue weighted by atomic mass is 9.83. The van der Waals surface area contributed by atoms with Crippen LogP contribution in [0.2, 0.25) is 10.0 Å². The molecule has 0 saturated carbocycles. The maximum absolute atomic E-state index is 13.2. The molecule has 0 atom stereocenters. The number of carbonyl (C=O) groups is 1. The van der Waals surface area contributed by atoms with Crippen molar-refractivity contribution in [2.24, 2.45) is 0 Å². The Kier molecular flexibility index (Phi) is 6.73. The van der Waals surface area contributed by atoms with Crippen molar-refractivity contribution in [2.75, 3.05) is 17.7 Å². The summed E-state index contributed by atoms with van der Waals surface area (Å²) in [6.07, 6.45) is 3.72. The Balaban J connectivity index is 1.43. The zero-order chi connectivity index (χ0) is 25.4. The fourth-order valence-electron chi connectivity index (χ4n) is 4.65. The highest BCUT2D eigenvalue weighted by molar-refractivity contribution is 7.99. The molecule has 0 unspecified atom stereocenters. The average Bonchev–Trinajstić information content (AvgIpc) is 3.37. The van der Waals surface area contributed by atoms with Gasteiger partial charge in [-0.05, 0) is 42.0 Å². The van der Waals surface area contributed by atoms with Crippen LogP contribution >= 0.6 is 35.0 Å². The van der Waals surface area contributed by atoms with Crippen molar-refractivity contribution in [3.05, 3.63) is 106 Å². The van der Waals surface area contributed by atoms with Gasteiger partial charge in [-0.2, -0.15) is 0 Å². The molecular weight excluding hydrogens is 509 g/mol. The molecular formula is C29H25Cl2N3OS. The van der Waals surface area contributed by atoms with Gasteiger partial charge in [0.05, 0.1) is 16.5 Å². The second kappa shape index (κ2) is 9.81. The highest BCUT2D eigenvalue weighted by Crippen LogP contribution is 2.46. The molecule has 0 spiro atoms. The van der Waals surface area contributed by atoms with Crippen molar-refractivity contribution in [3.8, 4) is 16.9 Å². The number of aromatic nitrogens is 2. The number of halogens is 2. The largest absolute Gasteiger partial charge is 0.347 e. The first-order valence-corrected chi connectivity index (χ1v) is 13.3. The summed E-state index contributed by atoms with van der Waals surface area (Å²) < 4.78 is 1.99. The number of likely N-dealkylation sites (N-methyl/N-ethyl adjacent to an activating group) is 1. The monoisotopic (exact) mass is 533 g/mol. The van der Waals surface area contributed by atoms with E-state index in [0.717, 1.165) is 33.5 Å². The SMILES string of the molecule is CN1C(=CC(=O)CSc2nc(-c3ccc(Cl)cc3Cl)cn2-c2ccccc2)C(C)(C)c2ccccc21. The molecule has 0 aliphatic carbocycles. The van der Waals surface area contributed by atoms with Crippen molar-refractivity contribution in [1.82, 2.24) is 9.55 Å². The number of para-hydroxylation sites is 2. The van der Waals surface area contributed by atoms with E-state index in [4.69, 9.17) is 28.2 Å². The number of allylic oxidation sites excluding steroid dienone is 2. The summed E-state index contributed by atoms with van der Waals surface area (Å²) in [5, 5.41) is 1.82. The standard InChI is InChI=1S/C29H25Cl2N3OS/c1-29(2)23-11-7-8-12-26(23)33(3)27(29)16-21(35)18-36-28-32-25(22-14-13-19(30)15-24(22)31)17-34(28)20-9-5-4-6-10-20/h4-17H,18H2,1-3H3. The van der Waals surface area contributed by atoms with Gasteiger partial charge in [0.2, 0.25) is 0 Å². The van der Waals surface area contributed by atoms with E-state index in [1.807, 2.05) is 66.3 Å². The van der Waals surface area contributed by atoms with Crippen LogP contribution in [0.15, 0.2) is 95.9 Å². The summed E-state index contributed by atoms with van der Waals surface area (Å²) in [5.41, 5.74) is 5.59. The Hall–Kier alpha value is -2.99. The molecule has 1 aliphatic heterocycles. The lowest BCUT2D eigenvalue weighted by molar-refractivity contribution is -0.112. The number of benzene rings is 3. The number of fused-ring (bicyclic) bond motifs is 1. The third-order valence-corrected chi connectivity index (χ3v) is 8.02. The predicted octanol–water partition coefficient (Wildman–Crippen LogP) is 7.82. The van der Waals surface area contributed by atoms with Gasteiger partial charge in [0.1, 0.15) is 0 Å². The van der Waals surface area contributed by atoms with Crippen LogP contribution < -0.4 is 4.90 Å². The molecule has 182 valence electrons. The number of carbonyl (C=O) groups excluding carboxylic acids is 1. The van der Waals surface area contributed by atoms with Crippen molar-refractivity contribution >= 4 is 46.4 Å². The molecule has 1 aromatic heterocycles. The molecule has 0 bridgehead atoms. The highest BCUT2D eigenvalue weighted by atomic mass is 35.5. The minimum absolute atomic E-state index is 0.0384. The molecule has 36 heavy (non-hydrogen) atoms. The highest BCUT2D eigenvalue weighted by Gasteiger charge is 2.38. The van der Waals surface area contributed by atoms with Crippen LogP contribution in [0.25, 0.3) is 16.9 Å². The average molecular weight is 535 g/mol. The summed E-state index contributed by atoms with van der Waals surface area (Å²) in [4.78, 5) is 20.1. The van der Waals surface area contributed by atoms with E-state index in [9.17, 15) is 4.79 Å². The van der Waals surface area contributed by atoms with Crippen LogP contribution in [0, 0.1) is 0 Å². The van der Waals surface area contributed by atoms with Crippen molar-refractivity contribution in [1.29, 1.82) is 0 Å². The first kappa shape index (κ1) is 24.7. The van der Waals surface area contributed by atoms with Gasteiger partial charge < -0.3 is 4.90 Å². The van der Waals surface area contributed by atoms with Crippen LogP contribution in [0.3, 0.4) is 0 Å². The van der Waals surface area contributed by atoms with Crippen LogP contribution in [0.4, 0.5) is 5.69 Å². The molecule has 0 radical (unpaired) electrons. The second-order valence-corrected chi connectivity index (χ2v) is 11.0. The quantitative estimate of drug-likeness (QED) is 0.187. The van der Waals surface area contributed by atoms with E-state index < -0.39 is 0 Å². The van der Waals surface area contributed by atoms with Crippen LogP contribution in [0.5, 0.6) is 0 Å². The van der Waals surface area contributed by atoms with Gasteiger partial charge in [-0.25, -0.2) is 4.98 Å². The Bertz CT molecular complexity index is 1480. The molecule has 2 heterocycles. The minimum Gasteiger partial charge on any atom is -0.347 e. The van der Waals surface area contributed by atoms with Crippen molar-refractivity contribution in [3.63, 3.8) is 0 Å². The van der Waals surface area contributed by atoms with Gasteiger partial charge >= 0.3 is 0 Å². The smallest absolute Gasteiger partial charge is 0.173 e. The zero-order valence-corrected chi connectivity index (χ0v) is 22.5. The number of imidazole rings is 1. The number of nitrogens with zero attached hydrogens (tertiary/aromatic N) is 3. The summed E-state index contributed by atoms with van der Waals surface area (Å²) >= 11 is 14.0. The molecule has 0 N–H and O–H groups in total. The third-order valence-electron chi connectivity index (χ3n) is 6.50. The van der Waals surface area contributed by atoms with Gasteiger partial charge in [-0.1, -0.05) is 85.2 Å². The molecule has 5 rings (SSSR count). The Morgan fingerprint density at radius 1 is 1.03 bits per heavy atom. The molecule has 7 heteroatoms. The van der Waals surface area contributed by atoms with Gasteiger partial charge in [0, 0.05) is 52.4 Å². The van der Waals surface area contributed by atoms with Crippen LogP contribution in [0.1, 0.15) is 19.4 Å². The maximum Gasteiger partial charge on any atom is 0.173 e. The van der Waals surface area contributed by atoms with Crippen LogP contribution in [-0.2, 0) is 10.2 Å². The first-order valence-electron chi connectivity index (χ1n) is 11.6. The minimum atomic E-state index is -0.243. The number of ketones is 1. The van der Waals surface area contributed by atoms with Crippen LogP contribution in [-0.4, -0.2) is 28.1 Å². The number of hydrogen-bond acceptors (Lipinski definition) is 4. The maximum atomic E-state index is 13.2. The number of anilines is 1. The van der Waals surface area contributed by atoms with E-state index in [1.165, 1.54) is 17.3 Å². The molecule has 4 nitrogen and oxygen atoms in total. The first-order chi connectivity index (χ1) is 17.3. The van der Waals surface area contributed by atoms with E-state index >= 15 is 0 Å². The van der Waals surface area contributed by atoms with Gasteiger partial charge in [-0.3, -0.25) is 9.36 Å². The Morgan fingerprint density at radius 2 is 1.75 bits per heavy atom. The fraction of sp³-hybridized carbons (Fsp3) is 0.172. The van der Waals surface area contributed by atoms with Crippen molar-refractivity contribution < 1.29 is 4.79 Å². The van der Waals surface area contributed by atoms with E-state index in [0.29, 0.717) is 10.0 Å². The van der Waals surface area contributed by atoms with E-state index in [-0.39, 0.29) is 17.0 Å². The predicted molar refractivity (Wildman–Crippen MR) is 151 cm³/mol. The number of rotatable bonds is 6. The molecule has 0 fully saturated rings. The molecule has 4 aromatic rings. The number of thioether (sulfide) groups is 1. The molecule has 0 amide bonds. The fourth-order valence-corrected chi connectivity index (χ4v) is 5.97. The van der Waals surface area contributed by atoms with E-state index in [1.54, 1.807) is 18.2 Å². The topological polar surface area (TPSA) is 38.1 Å². The Morgan fingerprint density at radius 3 is 2.47 bits per heavy atom. The summed E-state index contributed by atoms with van der Waals surface area (Å²) in [6.45, 7) is 4.32. The Labute approximate surface area is 225 Å². The molecule has 1 aliphatic rings. The van der Waals surface area contributed by atoms with Gasteiger partial charge in [0.15, 0.2) is 10.9 Å². The molecule has 0 saturated heterocycles. The third kappa shape index (κ3) is 4.59. The lowest BCUT2D eigenvalue weighted by Gasteiger charge is -2.23. The second-order valence-electron chi connectivity index (χ2n) is 9.22. The van der Waals surface area contributed by atoms with Gasteiger partial charge in [-0.15, -0.1) is 0 Å². The summed E-state index contributed by atoms with van der Waals surface area (Å²) in [6, 6.07) is 23.6.